The molecule has 0 N–H and O–H groups in total. The van der Waals surface area contributed by atoms with Crippen LogP contribution in [0.15, 0.2) is 30.3 Å². The number of hydrogen-bond donors (Lipinski definition) is 0. The lowest BCUT2D eigenvalue weighted by Gasteiger charge is -2.08. The van der Waals surface area contributed by atoms with E-state index in [0.29, 0.717) is 0 Å². The summed E-state index contributed by atoms with van der Waals surface area (Å²) in [6, 6.07) is 8.17. The molecular formula is C9H8N. The van der Waals surface area contributed by atoms with Gasteiger partial charge in [-0.15, -0.1) is 0 Å². The van der Waals surface area contributed by atoms with Gasteiger partial charge in [0.05, 0.1) is 12.2 Å². The second kappa shape index (κ2) is 2.18. The SMILES string of the molecule is C1=Cc2ccccc2[N]C1. The summed E-state index contributed by atoms with van der Waals surface area (Å²) in [7, 11) is 0. The van der Waals surface area contributed by atoms with E-state index in [0.717, 1.165) is 12.2 Å². The van der Waals surface area contributed by atoms with E-state index in [-0.39, 0.29) is 0 Å². The predicted molar refractivity (Wildman–Crippen MR) is 42.1 cm³/mol. The van der Waals surface area contributed by atoms with Gasteiger partial charge in [-0.25, -0.2) is 0 Å². The zero-order chi connectivity index (χ0) is 6.81. The summed E-state index contributed by atoms with van der Waals surface area (Å²) >= 11 is 0. The molecule has 1 aliphatic rings. The lowest BCUT2D eigenvalue weighted by atomic mass is 10.1. The van der Waals surface area contributed by atoms with Crippen LogP contribution in [0, 0.1) is 0 Å². The van der Waals surface area contributed by atoms with Crippen LogP contribution in [0.25, 0.3) is 6.08 Å². The summed E-state index contributed by atoms with van der Waals surface area (Å²) in [6.07, 6.45) is 4.19. The first-order chi connectivity index (χ1) is 4.97. The fraction of sp³-hybridized carbons (Fsp3) is 0.111. The average molecular weight is 130 g/mol. The molecule has 1 aliphatic heterocycles. The standard InChI is InChI=1S/C9H8N/c1-2-6-9-8(4-1)5-3-7-10-9/h1-6H,7H2. The van der Waals surface area contributed by atoms with E-state index in [2.05, 4.69) is 23.5 Å². The van der Waals surface area contributed by atoms with Gasteiger partial charge in [-0.3, -0.25) is 5.32 Å². The summed E-state index contributed by atoms with van der Waals surface area (Å²) in [5.74, 6) is 0. The van der Waals surface area contributed by atoms with Gasteiger partial charge in [0.2, 0.25) is 0 Å². The Morgan fingerprint density at radius 3 is 3.00 bits per heavy atom. The van der Waals surface area contributed by atoms with Crippen molar-refractivity contribution in [3.05, 3.63) is 35.9 Å². The molecule has 0 aliphatic carbocycles. The molecule has 1 radical (unpaired) electrons. The number of rotatable bonds is 0. The fourth-order valence-electron chi connectivity index (χ4n) is 1.10. The minimum Gasteiger partial charge on any atom is -0.281 e. The van der Waals surface area contributed by atoms with E-state index in [1.807, 2.05) is 18.2 Å². The van der Waals surface area contributed by atoms with E-state index < -0.39 is 0 Å². The van der Waals surface area contributed by atoms with Crippen LogP contribution in [0.1, 0.15) is 5.56 Å². The quantitative estimate of drug-likeness (QED) is 0.509. The average Bonchev–Trinajstić information content (AvgIpc) is 2.05. The molecule has 1 aromatic rings. The molecule has 1 aromatic carbocycles. The minimum absolute atomic E-state index is 0.830. The molecule has 0 bridgehead atoms. The largest absolute Gasteiger partial charge is 0.281 e. The summed E-state index contributed by atoms with van der Waals surface area (Å²) in [5.41, 5.74) is 2.35. The Labute approximate surface area is 60.4 Å². The molecular weight excluding hydrogens is 122 g/mol. The first kappa shape index (κ1) is 5.54. The summed E-state index contributed by atoms with van der Waals surface area (Å²) in [6.45, 7) is 0.830. The van der Waals surface area contributed by atoms with Crippen LogP contribution in [-0.2, 0) is 0 Å². The second-order valence-electron chi connectivity index (χ2n) is 2.30. The molecule has 1 heterocycles. The van der Waals surface area contributed by atoms with E-state index in [1.165, 1.54) is 5.56 Å². The molecule has 49 valence electrons. The summed E-state index contributed by atoms with van der Waals surface area (Å²) in [4.78, 5) is 0. The number of benzene rings is 1. The summed E-state index contributed by atoms with van der Waals surface area (Å²) in [5, 5.41) is 4.31. The zero-order valence-corrected chi connectivity index (χ0v) is 5.62. The second-order valence-corrected chi connectivity index (χ2v) is 2.30. The van der Waals surface area contributed by atoms with E-state index in [1.54, 1.807) is 0 Å². The predicted octanol–water partition coefficient (Wildman–Crippen LogP) is 1.95. The third-order valence-corrected chi connectivity index (χ3v) is 1.60. The minimum atomic E-state index is 0.830. The maximum atomic E-state index is 4.31. The lowest BCUT2D eigenvalue weighted by Crippen LogP contribution is -2.01. The normalized spacial score (nSPS) is 14.0. The highest BCUT2D eigenvalue weighted by molar-refractivity contribution is 5.65. The van der Waals surface area contributed by atoms with Gasteiger partial charge in [0.15, 0.2) is 0 Å². The van der Waals surface area contributed by atoms with Gasteiger partial charge in [0, 0.05) is 0 Å². The molecule has 0 fully saturated rings. The number of nitrogens with zero attached hydrogens (tertiary/aromatic N) is 1. The van der Waals surface area contributed by atoms with Crippen LogP contribution < -0.4 is 5.32 Å². The van der Waals surface area contributed by atoms with Gasteiger partial charge >= 0.3 is 0 Å². The highest BCUT2D eigenvalue weighted by Crippen LogP contribution is 2.19. The molecule has 1 nitrogen and oxygen atoms in total. The first-order valence-electron chi connectivity index (χ1n) is 3.40. The molecule has 1 heteroatoms. The number of fused-ring (bicyclic) bond motifs is 1. The number of hydrogen-bond acceptors (Lipinski definition) is 0. The van der Waals surface area contributed by atoms with Crippen molar-refractivity contribution in [2.75, 3.05) is 6.54 Å². The lowest BCUT2D eigenvalue weighted by molar-refractivity contribution is 0.965. The third-order valence-electron chi connectivity index (χ3n) is 1.60. The molecule has 0 saturated carbocycles. The molecule has 2 rings (SSSR count). The topological polar surface area (TPSA) is 14.1 Å². The van der Waals surface area contributed by atoms with Crippen molar-refractivity contribution in [3.8, 4) is 0 Å². The van der Waals surface area contributed by atoms with Crippen LogP contribution in [0.3, 0.4) is 0 Å². The Bertz CT molecular complexity index is 263. The number of para-hydroxylation sites is 1. The third kappa shape index (κ3) is 0.798. The van der Waals surface area contributed by atoms with Gasteiger partial charge in [0.25, 0.3) is 0 Å². The van der Waals surface area contributed by atoms with Crippen LogP contribution in [-0.4, -0.2) is 6.54 Å². The van der Waals surface area contributed by atoms with Crippen LogP contribution in [0.2, 0.25) is 0 Å². The van der Waals surface area contributed by atoms with Crippen LogP contribution in [0.5, 0.6) is 0 Å². The molecule has 0 saturated heterocycles. The van der Waals surface area contributed by atoms with Gasteiger partial charge in [-0.1, -0.05) is 30.4 Å². The van der Waals surface area contributed by atoms with Crippen molar-refractivity contribution in [2.24, 2.45) is 0 Å². The maximum absolute atomic E-state index is 4.31. The Hall–Kier alpha value is -1.24. The maximum Gasteiger partial charge on any atom is 0.0650 e. The Balaban J connectivity index is 2.54. The van der Waals surface area contributed by atoms with Crippen LogP contribution in [0.4, 0.5) is 5.69 Å². The molecule has 0 amide bonds. The first-order valence-corrected chi connectivity index (χ1v) is 3.40. The monoisotopic (exact) mass is 130 g/mol. The molecule has 0 spiro atoms. The van der Waals surface area contributed by atoms with Crippen molar-refractivity contribution in [1.29, 1.82) is 0 Å². The van der Waals surface area contributed by atoms with E-state index >= 15 is 0 Å². The van der Waals surface area contributed by atoms with Gasteiger partial charge in [0.1, 0.15) is 0 Å². The zero-order valence-electron chi connectivity index (χ0n) is 5.62. The van der Waals surface area contributed by atoms with Crippen molar-refractivity contribution < 1.29 is 0 Å². The highest BCUT2D eigenvalue weighted by atomic mass is 14.9. The summed E-state index contributed by atoms with van der Waals surface area (Å²) < 4.78 is 0. The highest BCUT2D eigenvalue weighted by Gasteiger charge is 2.00. The Morgan fingerprint density at radius 2 is 2.10 bits per heavy atom. The fourth-order valence-corrected chi connectivity index (χ4v) is 1.10. The van der Waals surface area contributed by atoms with E-state index in [4.69, 9.17) is 0 Å². The van der Waals surface area contributed by atoms with Crippen molar-refractivity contribution in [1.82, 2.24) is 5.32 Å². The molecule has 0 unspecified atom stereocenters. The molecule has 10 heavy (non-hydrogen) atoms. The van der Waals surface area contributed by atoms with Crippen molar-refractivity contribution in [2.45, 2.75) is 0 Å². The van der Waals surface area contributed by atoms with Gasteiger partial charge in [-0.2, -0.15) is 0 Å². The smallest absolute Gasteiger partial charge is 0.0650 e. The van der Waals surface area contributed by atoms with Gasteiger partial charge < -0.3 is 0 Å². The van der Waals surface area contributed by atoms with Crippen molar-refractivity contribution >= 4 is 11.8 Å². The van der Waals surface area contributed by atoms with Crippen molar-refractivity contribution in [3.63, 3.8) is 0 Å². The molecule has 0 atom stereocenters. The molecule has 0 aromatic heterocycles. The Kier molecular flexibility index (Phi) is 1.21. The van der Waals surface area contributed by atoms with Gasteiger partial charge in [-0.05, 0) is 11.6 Å². The van der Waals surface area contributed by atoms with Crippen LogP contribution >= 0.6 is 0 Å². The van der Waals surface area contributed by atoms with E-state index in [9.17, 15) is 0 Å². The Morgan fingerprint density at radius 1 is 1.20 bits per heavy atom.